The number of anilines is 1. The van der Waals surface area contributed by atoms with E-state index in [0.29, 0.717) is 30.4 Å². The monoisotopic (exact) mass is 278 g/mol. The number of rotatable bonds is 1. The van der Waals surface area contributed by atoms with Crippen LogP contribution in [0.25, 0.3) is 0 Å². The number of carbonyl (C=O) groups excluding carboxylic acids is 2. The zero-order chi connectivity index (χ0) is 14.9. The highest BCUT2D eigenvalue weighted by molar-refractivity contribution is 6.47. The van der Waals surface area contributed by atoms with Gasteiger partial charge in [-0.3, -0.25) is 9.59 Å². The Hall–Kier alpha value is -2.24. The summed E-state index contributed by atoms with van der Waals surface area (Å²) in [7, 11) is 0. The van der Waals surface area contributed by atoms with Gasteiger partial charge in [0, 0.05) is 6.92 Å². The van der Waals surface area contributed by atoms with Crippen molar-refractivity contribution in [3.8, 4) is 0 Å². The van der Waals surface area contributed by atoms with E-state index in [1.54, 1.807) is 6.92 Å². The Morgan fingerprint density at radius 2 is 2.15 bits per heavy atom. The van der Waals surface area contributed by atoms with Crippen molar-refractivity contribution in [1.29, 1.82) is 0 Å². The van der Waals surface area contributed by atoms with Crippen molar-refractivity contribution in [2.75, 3.05) is 5.32 Å². The third-order valence-corrected chi connectivity index (χ3v) is 3.41. The number of Topliss-reactive ketones (excluding diaryl/α,β-unsaturated/α-hetero) is 1. The second kappa shape index (κ2) is 5.40. The maximum Gasteiger partial charge on any atom is 0.221 e. The lowest BCUT2D eigenvalue weighted by Gasteiger charge is -2.15. The lowest BCUT2D eigenvalue weighted by atomic mass is 9.94. The molecule has 1 amide bonds. The Kier molecular flexibility index (Phi) is 3.83. The number of ketones is 1. The molecule has 0 bridgehead atoms. The first-order valence-corrected chi connectivity index (χ1v) is 6.31. The van der Waals surface area contributed by atoms with Crippen LogP contribution in [0.5, 0.6) is 0 Å². The van der Waals surface area contributed by atoms with Crippen molar-refractivity contribution in [2.45, 2.75) is 33.1 Å². The number of nitrogens with one attached hydrogen (secondary N) is 1. The average molecular weight is 278 g/mol. The highest BCUT2D eigenvalue weighted by Gasteiger charge is 2.28. The Balaban J connectivity index is 2.70. The standard InChI is InChI=1S/C14H15FN2O3/c1-7-9-4-3-5-11(17-20)14(19)13(9)12(6-10(7)15)16-8(2)18/h6,20H,3-5H2,1-2H3,(H,16,18). The van der Waals surface area contributed by atoms with Crippen LogP contribution in [0.2, 0.25) is 0 Å². The first-order valence-electron chi connectivity index (χ1n) is 6.31. The van der Waals surface area contributed by atoms with Crippen molar-refractivity contribution in [2.24, 2.45) is 5.16 Å². The molecule has 6 heteroatoms. The van der Waals surface area contributed by atoms with Gasteiger partial charge in [-0.2, -0.15) is 0 Å². The molecule has 0 aromatic heterocycles. The van der Waals surface area contributed by atoms with Gasteiger partial charge in [0.25, 0.3) is 0 Å². The largest absolute Gasteiger partial charge is 0.411 e. The molecule has 1 aliphatic carbocycles. The number of hydrogen-bond acceptors (Lipinski definition) is 4. The summed E-state index contributed by atoms with van der Waals surface area (Å²) in [6.07, 6.45) is 1.41. The molecule has 106 valence electrons. The summed E-state index contributed by atoms with van der Waals surface area (Å²) in [4.78, 5) is 23.6. The van der Waals surface area contributed by atoms with Crippen molar-refractivity contribution in [1.82, 2.24) is 0 Å². The molecule has 0 saturated heterocycles. The number of amides is 1. The smallest absolute Gasteiger partial charge is 0.221 e. The van der Waals surface area contributed by atoms with Crippen molar-refractivity contribution in [3.05, 3.63) is 28.6 Å². The summed E-state index contributed by atoms with van der Waals surface area (Å²) in [5.41, 5.74) is 1.34. The molecule has 5 nitrogen and oxygen atoms in total. The lowest BCUT2D eigenvalue weighted by Crippen LogP contribution is -2.19. The summed E-state index contributed by atoms with van der Waals surface area (Å²) in [6.45, 7) is 2.88. The van der Waals surface area contributed by atoms with Gasteiger partial charge in [0.15, 0.2) is 0 Å². The molecule has 0 radical (unpaired) electrons. The average Bonchev–Trinajstić information content (AvgIpc) is 2.54. The first kappa shape index (κ1) is 14.2. The normalized spacial score (nSPS) is 16.8. The van der Waals surface area contributed by atoms with E-state index in [-0.39, 0.29) is 17.0 Å². The molecule has 0 saturated carbocycles. The van der Waals surface area contributed by atoms with Gasteiger partial charge in [-0.15, -0.1) is 0 Å². The predicted octanol–water partition coefficient (Wildman–Crippen LogP) is 2.44. The molecule has 1 aromatic rings. The van der Waals surface area contributed by atoms with Gasteiger partial charge in [-0.25, -0.2) is 4.39 Å². The second-order valence-electron chi connectivity index (χ2n) is 4.80. The summed E-state index contributed by atoms with van der Waals surface area (Å²) in [5, 5.41) is 14.4. The number of halogens is 1. The van der Waals surface area contributed by atoms with Crippen molar-refractivity contribution in [3.63, 3.8) is 0 Å². The van der Waals surface area contributed by atoms with E-state index in [1.165, 1.54) is 6.92 Å². The van der Waals surface area contributed by atoms with E-state index >= 15 is 0 Å². The molecule has 20 heavy (non-hydrogen) atoms. The van der Waals surface area contributed by atoms with Crippen LogP contribution in [-0.2, 0) is 11.2 Å². The minimum absolute atomic E-state index is 0.0290. The van der Waals surface area contributed by atoms with Gasteiger partial charge in [-0.05, 0) is 43.4 Å². The van der Waals surface area contributed by atoms with E-state index < -0.39 is 17.5 Å². The van der Waals surface area contributed by atoms with E-state index in [4.69, 9.17) is 5.21 Å². The van der Waals surface area contributed by atoms with Crippen LogP contribution >= 0.6 is 0 Å². The summed E-state index contributed by atoms with van der Waals surface area (Å²) in [6, 6.07) is 1.13. The number of benzene rings is 1. The quantitative estimate of drug-likeness (QED) is 0.470. The minimum Gasteiger partial charge on any atom is -0.411 e. The Morgan fingerprint density at radius 1 is 1.45 bits per heavy atom. The van der Waals surface area contributed by atoms with Crippen LogP contribution in [0.4, 0.5) is 10.1 Å². The van der Waals surface area contributed by atoms with Crippen LogP contribution < -0.4 is 5.32 Å². The highest BCUT2D eigenvalue weighted by Crippen LogP contribution is 2.31. The Morgan fingerprint density at radius 3 is 2.75 bits per heavy atom. The van der Waals surface area contributed by atoms with Crippen LogP contribution in [0.1, 0.15) is 41.3 Å². The molecule has 2 N–H and O–H groups in total. The van der Waals surface area contributed by atoms with Gasteiger partial charge < -0.3 is 10.5 Å². The van der Waals surface area contributed by atoms with Crippen LogP contribution in [0.3, 0.4) is 0 Å². The first-order chi connectivity index (χ1) is 9.45. The second-order valence-corrected chi connectivity index (χ2v) is 4.80. The zero-order valence-electron chi connectivity index (χ0n) is 11.3. The number of hydrogen-bond donors (Lipinski definition) is 2. The van der Waals surface area contributed by atoms with Crippen molar-refractivity contribution >= 4 is 23.1 Å². The zero-order valence-corrected chi connectivity index (χ0v) is 11.3. The summed E-state index contributed by atoms with van der Waals surface area (Å²) >= 11 is 0. The van der Waals surface area contributed by atoms with Gasteiger partial charge in [0.2, 0.25) is 11.7 Å². The molecule has 0 unspecified atom stereocenters. The van der Waals surface area contributed by atoms with Crippen molar-refractivity contribution < 1.29 is 19.2 Å². The SMILES string of the molecule is CC(=O)Nc1cc(F)c(C)c2c1C(=O)C(=NO)CCC2. The Bertz CT molecular complexity index is 623. The maximum atomic E-state index is 13.9. The molecule has 0 heterocycles. The number of fused-ring (bicyclic) bond motifs is 1. The van der Waals surface area contributed by atoms with Crippen LogP contribution in [-0.4, -0.2) is 22.6 Å². The van der Waals surface area contributed by atoms with E-state index in [9.17, 15) is 14.0 Å². The third kappa shape index (κ3) is 2.41. The molecule has 0 aliphatic heterocycles. The fraction of sp³-hybridized carbons (Fsp3) is 0.357. The van der Waals surface area contributed by atoms with Gasteiger partial charge in [0.1, 0.15) is 11.5 Å². The lowest BCUT2D eigenvalue weighted by molar-refractivity contribution is -0.114. The molecule has 0 fully saturated rings. The molecule has 1 aliphatic rings. The van der Waals surface area contributed by atoms with Gasteiger partial charge in [-0.1, -0.05) is 5.16 Å². The minimum atomic E-state index is -0.468. The molecular formula is C14H15FN2O3. The number of carbonyl (C=O) groups is 2. The maximum absolute atomic E-state index is 13.9. The fourth-order valence-corrected chi connectivity index (χ4v) is 2.45. The van der Waals surface area contributed by atoms with Crippen LogP contribution in [0.15, 0.2) is 11.2 Å². The molecular weight excluding hydrogens is 263 g/mol. The number of nitrogens with zero attached hydrogens (tertiary/aromatic N) is 1. The van der Waals surface area contributed by atoms with E-state index in [1.807, 2.05) is 0 Å². The predicted molar refractivity (Wildman–Crippen MR) is 71.9 cm³/mol. The number of oxime groups is 1. The van der Waals surface area contributed by atoms with E-state index in [0.717, 1.165) is 6.07 Å². The molecule has 1 aromatic carbocycles. The topological polar surface area (TPSA) is 78.8 Å². The molecule has 0 atom stereocenters. The fourth-order valence-electron chi connectivity index (χ4n) is 2.45. The molecule has 0 spiro atoms. The van der Waals surface area contributed by atoms with Gasteiger partial charge >= 0.3 is 0 Å². The van der Waals surface area contributed by atoms with Gasteiger partial charge in [0.05, 0.1) is 11.3 Å². The summed E-state index contributed by atoms with van der Waals surface area (Å²) in [5.74, 6) is -1.33. The highest BCUT2D eigenvalue weighted by atomic mass is 19.1. The summed E-state index contributed by atoms with van der Waals surface area (Å²) < 4.78 is 13.9. The molecule has 2 rings (SSSR count). The Labute approximate surface area is 115 Å². The third-order valence-electron chi connectivity index (χ3n) is 3.41. The van der Waals surface area contributed by atoms with E-state index in [2.05, 4.69) is 10.5 Å². The van der Waals surface area contributed by atoms with Crippen LogP contribution in [0, 0.1) is 12.7 Å².